The molecular weight excluding hydrogens is 210 g/mol. The number of rotatable bonds is 4. The number of aryl methyl sites for hydroxylation is 1. The van der Waals surface area contributed by atoms with Crippen LogP contribution in [-0.4, -0.2) is 5.78 Å². The van der Waals surface area contributed by atoms with Crippen molar-refractivity contribution in [2.75, 3.05) is 5.73 Å². The molecular formula is C15H15NO. The van der Waals surface area contributed by atoms with E-state index >= 15 is 0 Å². The van der Waals surface area contributed by atoms with Gasteiger partial charge in [-0.3, -0.25) is 4.79 Å². The van der Waals surface area contributed by atoms with Crippen LogP contribution in [0.3, 0.4) is 0 Å². The summed E-state index contributed by atoms with van der Waals surface area (Å²) in [6.45, 7) is 0. The Kier molecular flexibility index (Phi) is 3.55. The molecule has 0 radical (unpaired) electrons. The topological polar surface area (TPSA) is 43.1 Å². The summed E-state index contributed by atoms with van der Waals surface area (Å²) in [5.74, 6) is 0.140. The van der Waals surface area contributed by atoms with Crippen LogP contribution in [-0.2, 0) is 6.42 Å². The molecule has 0 heterocycles. The normalized spacial score (nSPS) is 10.1. The van der Waals surface area contributed by atoms with Gasteiger partial charge in [0.25, 0.3) is 0 Å². The number of benzene rings is 2. The summed E-state index contributed by atoms with van der Waals surface area (Å²) in [5, 5.41) is 0. The van der Waals surface area contributed by atoms with Gasteiger partial charge in [0.2, 0.25) is 0 Å². The number of carbonyl (C=O) groups excluding carboxylic acids is 1. The van der Waals surface area contributed by atoms with E-state index < -0.39 is 0 Å². The molecule has 0 spiro atoms. The van der Waals surface area contributed by atoms with Gasteiger partial charge < -0.3 is 5.73 Å². The number of ketones is 1. The Labute approximate surface area is 101 Å². The molecule has 0 fully saturated rings. The molecule has 2 nitrogen and oxygen atoms in total. The lowest BCUT2D eigenvalue weighted by molar-refractivity contribution is 0.0983. The first-order valence-electron chi connectivity index (χ1n) is 5.68. The summed E-state index contributed by atoms with van der Waals surface area (Å²) in [6, 6.07) is 17.2. The summed E-state index contributed by atoms with van der Waals surface area (Å²) in [6.07, 6.45) is 1.29. The van der Waals surface area contributed by atoms with Crippen LogP contribution in [0.1, 0.15) is 22.3 Å². The number of anilines is 1. The highest BCUT2D eigenvalue weighted by atomic mass is 16.1. The molecule has 0 aliphatic carbocycles. The molecule has 2 rings (SSSR count). The third-order valence-corrected chi connectivity index (χ3v) is 2.69. The highest BCUT2D eigenvalue weighted by Crippen LogP contribution is 2.11. The largest absolute Gasteiger partial charge is 0.399 e. The molecule has 0 unspecified atom stereocenters. The average Bonchev–Trinajstić information content (AvgIpc) is 2.37. The molecule has 0 aliphatic heterocycles. The van der Waals surface area contributed by atoms with Crippen molar-refractivity contribution in [1.29, 1.82) is 0 Å². The van der Waals surface area contributed by atoms with Gasteiger partial charge in [0, 0.05) is 17.7 Å². The third kappa shape index (κ3) is 3.18. The van der Waals surface area contributed by atoms with Crippen molar-refractivity contribution in [3.8, 4) is 0 Å². The van der Waals surface area contributed by atoms with E-state index in [-0.39, 0.29) is 5.78 Å². The van der Waals surface area contributed by atoms with Crippen LogP contribution in [0.5, 0.6) is 0 Å². The van der Waals surface area contributed by atoms with E-state index in [0.29, 0.717) is 17.7 Å². The molecule has 0 saturated heterocycles. The van der Waals surface area contributed by atoms with E-state index in [4.69, 9.17) is 5.73 Å². The molecule has 2 N–H and O–H groups in total. The SMILES string of the molecule is Nc1cccc(C(=O)CCc2ccccc2)c1. The van der Waals surface area contributed by atoms with Crippen LogP contribution >= 0.6 is 0 Å². The van der Waals surface area contributed by atoms with E-state index in [9.17, 15) is 4.79 Å². The van der Waals surface area contributed by atoms with Crippen LogP contribution in [0.25, 0.3) is 0 Å². The Hall–Kier alpha value is -2.09. The van der Waals surface area contributed by atoms with Crippen molar-refractivity contribution in [2.45, 2.75) is 12.8 Å². The van der Waals surface area contributed by atoms with Gasteiger partial charge in [-0.1, -0.05) is 42.5 Å². The minimum atomic E-state index is 0.140. The van der Waals surface area contributed by atoms with E-state index in [1.165, 1.54) is 5.56 Å². The average molecular weight is 225 g/mol. The second kappa shape index (κ2) is 5.30. The lowest BCUT2D eigenvalue weighted by Gasteiger charge is -2.02. The predicted molar refractivity (Wildman–Crippen MR) is 69.9 cm³/mol. The zero-order chi connectivity index (χ0) is 12.1. The number of hydrogen-bond acceptors (Lipinski definition) is 2. The molecule has 17 heavy (non-hydrogen) atoms. The van der Waals surface area contributed by atoms with Crippen LogP contribution in [0, 0.1) is 0 Å². The quantitative estimate of drug-likeness (QED) is 0.642. The first-order chi connectivity index (χ1) is 8.25. The Balaban J connectivity index is 1.98. The third-order valence-electron chi connectivity index (χ3n) is 2.69. The molecule has 0 aromatic heterocycles. The Morgan fingerprint density at radius 3 is 2.47 bits per heavy atom. The highest BCUT2D eigenvalue weighted by Gasteiger charge is 2.05. The zero-order valence-electron chi connectivity index (χ0n) is 9.60. The molecule has 86 valence electrons. The molecule has 2 heteroatoms. The summed E-state index contributed by atoms with van der Waals surface area (Å²) >= 11 is 0. The van der Waals surface area contributed by atoms with Gasteiger partial charge in [-0.05, 0) is 24.1 Å². The monoisotopic (exact) mass is 225 g/mol. The number of hydrogen-bond donors (Lipinski definition) is 1. The van der Waals surface area contributed by atoms with E-state index in [1.54, 1.807) is 12.1 Å². The van der Waals surface area contributed by atoms with E-state index in [1.807, 2.05) is 42.5 Å². The fourth-order valence-corrected chi connectivity index (χ4v) is 1.76. The van der Waals surface area contributed by atoms with Crippen LogP contribution in [0.4, 0.5) is 5.69 Å². The van der Waals surface area contributed by atoms with E-state index in [2.05, 4.69) is 0 Å². The zero-order valence-corrected chi connectivity index (χ0v) is 9.60. The minimum Gasteiger partial charge on any atom is -0.399 e. The molecule has 0 saturated carbocycles. The number of nitrogen functional groups attached to an aromatic ring is 1. The summed E-state index contributed by atoms with van der Waals surface area (Å²) < 4.78 is 0. The van der Waals surface area contributed by atoms with Gasteiger partial charge in [-0.25, -0.2) is 0 Å². The molecule has 2 aromatic rings. The maximum Gasteiger partial charge on any atom is 0.163 e. The van der Waals surface area contributed by atoms with Crippen molar-refractivity contribution in [3.63, 3.8) is 0 Å². The molecule has 0 aliphatic rings. The number of nitrogens with two attached hydrogens (primary N) is 1. The van der Waals surface area contributed by atoms with Gasteiger partial charge in [0.05, 0.1) is 0 Å². The van der Waals surface area contributed by atoms with Gasteiger partial charge in [-0.2, -0.15) is 0 Å². The van der Waals surface area contributed by atoms with E-state index in [0.717, 1.165) is 6.42 Å². The molecule has 0 amide bonds. The first kappa shape index (κ1) is 11.4. The fourth-order valence-electron chi connectivity index (χ4n) is 1.76. The van der Waals surface area contributed by atoms with Gasteiger partial charge in [-0.15, -0.1) is 0 Å². The van der Waals surface area contributed by atoms with Gasteiger partial charge in [0.1, 0.15) is 0 Å². The first-order valence-corrected chi connectivity index (χ1v) is 5.68. The van der Waals surface area contributed by atoms with Gasteiger partial charge in [0.15, 0.2) is 5.78 Å². The van der Waals surface area contributed by atoms with Crippen LogP contribution in [0.2, 0.25) is 0 Å². The molecule has 0 bridgehead atoms. The van der Waals surface area contributed by atoms with Gasteiger partial charge >= 0.3 is 0 Å². The maximum atomic E-state index is 11.9. The number of carbonyl (C=O) groups is 1. The van der Waals surface area contributed by atoms with Crippen LogP contribution in [0.15, 0.2) is 54.6 Å². The Morgan fingerprint density at radius 1 is 1.00 bits per heavy atom. The smallest absolute Gasteiger partial charge is 0.163 e. The van der Waals surface area contributed by atoms with Crippen molar-refractivity contribution in [2.24, 2.45) is 0 Å². The lowest BCUT2D eigenvalue weighted by atomic mass is 10.0. The summed E-state index contributed by atoms with van der Waals surface area (Å²) in [5.41, 5.74) is 8.17. The lowest BCUT2D eigenvalue weighted by Crippen LogP contribution is -2.01. The molecule has 0 atom stereocenters. The second-order valence-electron chi connectivity index (χ2n) is 4.03. The second-order valence-corrected chi connectivity index (χ2v) is 4.03. The summed E-state index contributed by atoms with van der Waals surface area (Å²) in [7, 11) is 0. The van der Waals surface area contributed by atoms with Crippen molar-refractivity contribution >= 4 is 11.5 Å². The maximum absolute atomic E-state index is 11.9. The predicted octanol–water partition coefficient (Wildman–Crippen LogP) is 3.08. The summed E-state index contributed by atoms with van der Waals surface area (Å²) in [4.78, 5) is 11.9. The van der Waals surface area contributed by atoms with Crippen molar-refractivity contribution in [3.05, 3.63) is 65.7 Å². The molecule has 2 aromatic carbocycles. The highest BCUT2D eigenvalue weighted by molar-refractivity contribution is 5.96. The Morgan fingerprint density at radius 2 is 1.76 bits per heavy atom. The number of Topliss-reactive ketones (excluding diaryl/α,β-unsaturated/α-hetero) is 1. The van der Waals surface area contributed by atoms with Crippen LogP contribution < -0.4 is 5.73 Å². The minimum absolute atomic E-state index is 0.140. The standard InChI is InChI=1S/C15H15NO/c16-14-8-4-7-13(11-14)15(17)10-9-12-5-2-1-3-6-12/h1-8,11H,9-10,16H2. The Bertz CT molecular complexity index is 505. The van der Waals surface area contributed by atoms with Crippen molar-refractivity contribution < 1.29 is 4.79 Å². The van der Waals surface area contributed by atoms with Crippen molar-refractivity contribution in [1.82, 2.24) is 0 Å². The fraction of sp³-hybridized carbons (Fsp3) is 0.133.